The third kappa shape index (κ3) is 4.91. The van der Waals surface area contributed by atoms with Crippen LogP contribution in [0.2, 0.25) is 0 Å². The number of hydrogen-bond acceptors (Lipinski definition) is 4. The lowest BCUT2D eigenvalue weighted by atomic mass is 10.2. The zero-order chi connectivity index (χ0) is 18.2. The molecule has 0 aliphatic carbocycles. The van der Waals surface area contributed by atoms with E-state index in [-0.39, 0.29) is 5.91 Å². The third-order valence-electron chi connectivity index (χ3n) is 4.48. The largest absolute Gasteiger partial charge is 0.492 e. The van der Waals surface area contributed by atoms with Crippen LogP contribution in [-0.2, 0) is 4.79 Å². The minimum Gasteiger partial charge on any atom is -0.492 e. The predicted molar refractivity (Wildman–Crippen MR) is 107 cm³/mol. The molecule has 138 valence electrons. The van der Waals surface area contributed by atoms with Gasteiger partial charge in [0.2, 0.25) is 5.91 Å². The van der Waals surface area contributed by atoms with Gasteiger partial charge in [0.1, 0.15) is 5.75 Å². The Bertz CT molecular complexity index is 709. The van der Waals surface area contributed by atoms with Crippen molar-refractivity contribution in [1.29, 1.82) is 0 Å². The Morgan fingerprint density at radius 3 is 2.54 bits per heavy atom. The van der Waals surface area contributed by atoms with Crippen LogP contribution in [0, 0.1) is 0 Å². The highest BCUT2D eigenvalue weighted by molar-refractivity contribution is 5.92. The van der Waals surface area contributed by atoms with Crippen LogP contribution >= 0.6 is 0 Å². The van der Waals surface area contributed by atoms with E-state index in [2.05, 4.69) is 39.8 Å². The molecule has 0 spiro atoms. The van der Waals surface area contributed by atoms with Crippen LogP contribution in [0.3, 0.4) is 0 Å². The highest BCUT2D eigenvalue weighted by Gasteiger charge is 2.12. The summed E-state index contributed by atoms with van der Waals surface area (Å²) in [7, 11) is 0. The number of hydrogen-bond donors (Lipinski definition) is 2. The zero-order valence-electron chi connectivity index (χ0n) is 15.3. The summed E-state index contributed by atoms with van der Waals surface area (Å²) in [4.78, 5) is 14.6. The van der Waals surface area contributed by atoms with Gasteiger partial charge in [0, 0.05) is 37.4 Å². The van der Waals surface area contributed by atoms with Crippen LogP contribution in [0.25, 0.3) is 0 Å². The molecule has 1 aliphatic rings. The molecule has 1 amide bonds. The van der Waals surface area contributed by atoms with Crippen LogP contribution < -0.4 is 20.3 Å². The van der Waals surface area contributed by atoms with Gasteiger partial charge in [-0.2, -0.15) is 0 Å². The highest BCUT2D eigenvalue weighted by atomic mass is 16.5. The first kappa shape index (κ1) is 18.1. The number of carbonyl (C=O) groups excluding carboxylic acids is 1. The second-order valence-corrected chi connectivity index (χ2v) is 6.40. The topological polar surface area (TPSA) is 53.6 Å². The standard InChI is InChI=1S/C21H27N3O2/c1-2-26-20-8-4-3-7-19(20)23-21(25)13-14-22-17-9-11-18(12-10-17)24-15-5-6-16-24/h3-4,7-12,22H,2,5-6,13-16H2,1H3,(H,23,25). The van der Waals surface area contributed by atoms with Crippen molar-refractivity contribution in [1.82, 2.24) is 0 Å². The van der Waals surface area contributed by atoms with E-state index in [0.29, 0.717) is 31.0 Å². The molecule has 2 aromatic carbocycles. The fraction of sp³-hybridized carbons (Fsp3) is 0.381. The van der Waals surface area contributed by atoms with Crippen molar-refractivity contribution in [2.45, 2.75) is 26.2 Å². The van der Waals surface area contributed by atoms with E-state index >= 15 is 0 Å². The normalized spacial score (nSPS) is 13.5. The van der Waals surface area contributed by atoms with Crippen molar-refractivity contribution in [2.75, 3.05) is 41.8 Å². The summed E-state index contributed by atoms with van der Waals surface area (Å²) in [6, 6.07) is 15.9. The SMILES string of the molecule is CCOc1ccccc1NC(=O)CCNc1ccc(N2CCCC2)cc1. The molecule has 0 aromatic heterocycles. The van der Waals surface area contributed by atoms with Gasteiger partial charge in [0.05, 0.1) is 12.3 Å². The van der Waals surface area contributed by atoms with Crippen LogP contribution in [0.15, 0.2) is 48.5 Å². The Labute approximate surface area is 155 Å². The maximum Gasteiger partial charge on any atom is 0.226 e. The van der Waals surface area contributed by atoms with E-state index < -0.39 is 0 Å². The molecule has 2 aromatic rings. The van der Waals surface area contributed by atoms with E-state index in [0.717, 1.165) is 18.8 Å². The molecule has 5 heteroatoms. The Morgan fingerprint density at radius 2 is 1.81 bits per heavy atom. The number of amides is 1. The minimum absolute atomic E-state index is 0.0293. The maximum atomic E-state index is 12.2. The summed E-state index contributed by atoms with van der Waals surface area (Å²) in [6.45, 7) is 5.39. The first-order chi connectivity index (χ1) is 12.8. The smallest absolute Gasteiger partial charge is 0.226 e. The fourth-order valence-corrected chi connectivity index (χ4v) is 3.15. The second-order valence-electron chi connectivity index (χ2n) is 6.40. The summed E-state index contributed by atoms with van der Waals surface area (Å²) in [5.41, 5.74) is 3.03. The van der Waals surface area contributed by atoms with Crippen molar-refractivity contribution in [3.63, 3.8) is 0 Å². The number of carbonyl (C=O) groups is 1. The lowest BCUT2D eigenvalue weighted by molar-refractivity contribution is -0.116. The second kappa shape index (κ2) is 9.13. The first-order valence-electron chi connectivity index (χ1n) is 9.37. The van der Waals surface area contributed by atoms with Gasteiger partial charge in [-0.05, 0) is 56.2 Å². The molecule has 0 saturated carbocycles. The molecule has 3 rings (SSSR count). The highest BCUT2D eigenvalue weighted by Crippen LogP contribution is 2.24. The van der Waals surface area contributed by atoms with Gasteiger partial charge in [-0.1, -0.05) is 12.1 Å². The molecule has 26 heavy (non-hydrogen) atoms. The van der Waals surface area contributed by atoms with Gasteiger partial charge >= 0.3 is 0 Å². The molecule has 1 saturated heterocycles. The number of rotatable bonds is 8. The summed E-state index contributed by atoms with van der Waals surface area (Å²) >= 11 is 0. The monoisotopic (exact) mass is 353 g/mol. The lowest BCUT2D eigenvalue weighted by Gasteiger charge is -2.18. The van der Waals surface area contributed by atoms with Crippen molar-refractivity contribution >= 4 is 23.0 Å². The van der Waals surface area contributed by atoms with Crippen molar-refractivity contribution in [2.24, 2.45) is 0 Å². The van der Waals surface area contributed by atoms with Gasteiger partial charge in [0.25, 0.3) is 0 Å². The fourth-order valence-electron chi connectivity index (χ4n) is 3.15. The molecule has 1 aliphatic heterocycles. The summed E-state index contributed by atoms with van der Waals surface area (Å²) in [6.07, 6.45) is 2.96. The van der Waals surface area contributed by atoms with Gasteiger partial charge in [-0.15, -0.1) is 0 Å². The Kier molecular flexibility index (Phi) is 6.36. The number of benzene rings is 2. The predicted octanol–water partition coefficient (Wildman–Crippen LogP) is 4.13. The van der Waals surface area contributed by atoms with Crippen LogP contribution in [0.5, 0.6) is 5.75 Å². The zero-order valence-corrected chi connectivity index (χ0v) is 15.3. The van der Waals surface area contributed by atoms with Crippen LogP contribution in [0.1, 0.15) is 26.2 Å². The molecule has 0 atom stereocenters. The number of para-hydroxylation sites is 2. The Morgan fingerprint density at radius 1 is 1.08 bits per heavy atom. The molecule has 0 unspecified atom stereocenters. The van der Waals surface area contributed by atoms with Crippen molar-refractivity contribution in [3.8, 4) is 5.75 Å². The molecule has 2 N–H and O–H groups in total. The molecular weight excluding hydrogens is 326 g/mol. The Balaban J connectivity index is 1.45. The number of nitrogens with one attached hydrogen (secondary N) is 2. The van der Waals surface area contributed by atoms with E-state index in [4.69, 9.17) is 4.74 Å². The van der Waals surface area contributed by atoms with E-state index in [1.165, 1.54) is 18.5 Å². The third-order valence-corrected chi connectivity index (χ3v) is 4.48. The molecule has 0 bridgehead atoms. The van der Waals surface area contributed by atoms with Crippen molar-refractivity contribution in [3.05, 3.63) is 48.5 Å². The first-order valence-corrected chi connectivity index (χ1v) is 9.37. The van der Waals surface area contributed by atoms with Gasteiger partial charge in [-0.25, -0.2) is 0 Å². The molecular formula is C21H27N3O2. The average Bonchev–Trinajstić information content (AvgIpc) is 3.19. The van der Waals surface area contributed by atoms with Gasteiger partial charge in [0.15, 0.2) is 0 Å². The van der Waals surface area contributed by atoms with Crippen LogP contribution in [-0.4, -0.2) is 32.1 Å². The van der Waals surface area contributed by atoms with Gasteiger partial charge in [-0.3, -0.25) is 4.79 Å². The average molecular weight is 353 g/mol. The number of ether oxygens (including phenoxy) is 1. The number of nitrogens with zero attached hydrogens (tertiary/aromatic N) is 1. The summed E-state index contributed by atoms with van der Waals surface area (Å²) in [5, 5.41) is 6.23. The molecule has 5 nitrogen and oxygen atoms in total. The Hall–Kier alpha value is -2.69. The van der Waals surface area contributed by atoms with Gasteiger partial charge < -0.3 is 20.3 Å². The molecule has 1 fully saturated rings. The summed E-state index contributed by atoms with van der Waals surface area (Å²) in [5.74, 6) is 0.673. The quantitative estimate of drug-likeness (QED) is 0.749. The van der Waals surface area contributed by atoms with Crippen LogP contribution in [0.4, 0.5) is 17.1 Å². The van der Waals surface area contributed by atoms with Crippen molar-refractivity contribution < 1.29 is 9.53 Å². The lowest BCUT2D eigenvalue weighted by Crippen LogP contribution is -2.18. The maximum absolute atomic E-state index is 12.2. The summed E-state index contributed by atoms with van der Waals surface area (Å²) < 4.78 is 5.53. The van der Waals surface area contributed by atoms with E-state index in [1.54, 1.807) is 0 Å². The minimum atomic E-state index is -0.0293. The molecule has 0 radical (unpaired) electrons. The number of anilines is 3. The van der Waals surface area contributed by atoms with E-state index in [1.807, 2.05) is 31.2 Å². The molecule has 1 heterocycles. The van der Waals surface area contributed by atoms with E-state index in [9.17, 15) is 4.79 Å².